The average Bonchev–Trinajstić information content (AvgIpc) is 2.76. The predicted molar refractivity (Wildman–Crippen MR) is 115 cm³/mol. The summed E-state index contributed by atoms with van der Waals surface area (Å²) in [5.74, 6) is 0.187. The SMILES string of the molecule is O=C1C=NC(=O)C/C=C\COc2ccc3ncnc(c3c2)Nc2ccccc2C=N1. The van der Waals surface area contributed by atoms with Crippen LogP contribution in [0.5, 0.6) is 5.75 Å². The number of anilines is 2. The molecule has 0 unspecified atom stereocenters. The van der Waals surface area contributed by atoms with Crippen molar-refractivity contribution in [2.24, 2.45) is 9.98 Å². The number of amides is 2. The molecule has 1 aliphatic heterocycles. The quantitative estimate of drug-likeness (QED) is 0.582. The first-order chi connectivity index (χ1) is 14.7. The van der Waals surface area contributed by atoms with Crippen molar-refractivity contribution in [2.75, 3.05) is 11.9 Å². The van der Waals surface area contributed by atoms with Crippen LogP contribution in [0.4, 0.5) is 11.5 Å². The summed E-state index contributed by atoms with van der Waals surface area (Å²) in [6.07, 6.45) is 7.25. The molecule has 148 valence electrons. The second-order valence-electron chi connectivity index (χ2n) is 6.35. The van der Waals surface area contributed by atoms with E-state index in [4.69, 9.17) is 4.74 Å². The van der Waals surface area contributed by atoms with Crippen molar-refractivity contribution in [3.05, 3.63) is 66.5 Å². The minimum atomic E-state index is -0.622. The predicted octanol–water partition coefficient (Wildman–Crippen LogP) is 3.26. The Hall–Kier alpha value is -4.20. The van der Waals surface area contributed by atoms with Crippen LogP contribution in [0.1, 0.15) is 12.0 Å². The van der Waals surface area contributed by atoms with E-state index in [1.807, 2.05) is 42.5 Å². The lowest BCUT2D eigenvalue weighted by Gasteiger charge is -2.12. The van der Waals surface area contributed by atoms with Gasteiger partial charge in [-0.3, -0.25) is 9.59 Å². The molecule has 2 bridgehead atoms. The number of nitrogens with one attached hydrogen (secondary N) is 1. The lowest BCUT2D eigenvalue weighted by atomic mass is 10.1. The van der Waals surface area contributed by atoms with E-state index >= 15 is 0 Å². The first kappa shape index (κ1) is 19.1. The third kappa shape index (κ3) is 4.61. The third-order valence-electron chi connectivity index (χ3n) is 4.28. The molecule has 2 heterocycles. The van der Waals surface area contributed by atoms with Gasteiger partial charge in [0.05, 0.1) is 11.7 Å². The van der Waals surface area contributed by atoms with Gasteiger partial charge in [-0.25, -0.2) is 20.0 Å². The molecule has 1 N–H and O–H groups in total. The van der Waals surface area contributed by atoms with Crippen molar-refractivity contribution >= 4 is 46.7 Å². The number of rotatable bonds is 0. The number of nitrogens with zero attached hydrogens (tertiary/aromatic N) is 4. The zero-order chi connectivity index (χ0) is 20.8. The van der Waals surface area contributed by atoms with Crippen LogP contribution in [-0.2, 0) is 9.59 Å². The minimum absolute atomic E-state index is 0.0688. The van der Waals surface area contributed by atoms with Crippen molar-refractivity contribution in [3.8, 4) is 5.75 Å². The molecule has 0 saturated carbocycles. The molecule has 2 aromatic carbocycles. The van der Waals surface area contributed by atoms with Crippen LogP contribution in [0, 0.1) is 0 Å². The van der Waals surface area contributed by atoms with Gasteiger partial charge in [-0.1, -0.05) is 30.4 Å². The molecule has 0 atom stereocenters. The smallest absolute Gasteiger partial charge is 0.288 e. The molecule has 4 rings (SSSR count). The molecule has 30 heavy (non-hydrogen) atoms. The van der Waals surface area contributed by atoms with Crippen LogP contribution in [0.2, 0.25) is 0 Å². The van der Waals surface area contributed by atoms with E-state index in [-0.39, 0.29) is 13.0 Å². The number of hydrogen-bond donors (Lipinski definition) is 1. The maximum absolute atomic E-state index is 11.9. The molecule has 1 aliphatic rings. The van der Waals surface area contributed by atoms with Gasteiger partial charge in [-0.2, -0.15) is 0 Å². The van der Waals surface area contributed by atoms with Crippen LogP contribution in [-0.4, -0.2) is 40.8 Å². The summed E-state index contributed by atoms with van der Waals surface area (Å²) in [5, 5.41) is 4.06. The van der Waals surface area contributed by atoms with Crippen molar-refractivity contribution in [2.45, 2.75) is 6.42 Å². The van der Waals surface area contributed by atoms with Crippen LogP contribution >= 0.6 is 0 Å². The van der Waals surface area contributed by atoms with Gasteiger partial charge in [0, 0.05) is 29.3 Å². The molecule has 8 nitrogen and oxygen atoms in total. The number of aliphatic imine (C=N–C) groups is 2. The Bertz CT molecular complexity index is 1200. The highest BCUT2D eigenvalue weighted by molar-refractivity contribution is 6.30. The van der Waals surface area contributed by atoms with Gasteiger partial charge >= 0.3 is 0 Å². The normalized spacial score (nSPS) is 15.7. The Morgan fingerprint density at radius 2 is 1.83 bits per heavy atom. The van der Waals surface area contributed by atoms with Crippen molar-refractivity contribution in [3.63, 3.8) is 0 Å². The van der Waals surface area contributed by atoms with Gasteiger partial charge in [-0.15, -0.1) is 0 Å². The van der Waals surface area contributed by atoms with Crippen LogP contribution < -0.4 is 10.1 Å². The summed E-state index contributed by atoms with van der Waals surface area (Å²) >= 11 is 0. The molecule has 2 amide bonds. The molecule has 1 aromatic heterocycles. The van der Waals surface area contributed by atoms with Gasteiger partial charge in [-0.05, 0) is 24.3 Å². The highest BCUT2D eigenvalue weighted by Crippen LogP contribution is 2.27. The van der Waals surface area contributed by atoms with Gasteiger partial charge in [0.1, 0.15) is 24.5 Å². The number of carbonyl (C=O) groups is 2. The van der Waals surface area contributed by atoms with E-state index < -0.39 is 11.8 Å². The first-order valence-corrected chi connectivity index (χ1v) is 9.22. The highest BCUT2D eigenvalue weighted by atomic mass is 16.5. The monoisotopic (exact) mass is 399 g/mol. The molecular weight excluding hydrogens is 382 g/mol. The minimum Gasteiger partial charge on any atom is -0.490 e. The average molecular weight is 399 g/mol. The van der Waals surface area contributed by atoms with Gasteiger partial charge in [0.2, 0.25) is 5.91 Å². The number of carbonyl (C=O) groups excluding carboxylic acids is 2. The number of fused-ring (bicyclic) bond motifs is 2. The fraction of sp³-hybridized carbons (Fsp3) is 0.0909. The number of benzene rings is 2. The summed E-state index contributed by atoms with van der Waals surface area (Å²) in [6, 6.07) is 12.9. The summed E-state index contributed by atoms with van der Waals surface area (Å²) in [4.78, 5) is 39.8. The van der Waals surface area contributed by atoms with E-state index in [0.29, 0.717) is 22.8 Å². The molecular formula is C22H17N5O3. The molecule has 0 radical (unpaired) electrons. The third-order valence-corrected chi connectivity index (χ3v) is 4.28. The van der Waals surface area contributed by atoms with Crippen LogP contribution in [0.25, 0.3) is 10.9 Å². The van der Waals surface area contributed by atoms with E-state index in [2.05, 4.69) is 25.3 Å². The fourth-order valence-electron chi connectivity index (χ4n) is 2.82. The Balaban J connectivity index is 1.77. The van der Waals surface area contributed by atoms with Gasteiger partial charge < -0.3 is 10.1 Å². The van der Waals surface area contributed by atoms with Crippen molar-refractivity contribution < 1.29 is 14.3 Å². The second-order valence-corrected chi connectivity index (χ2v) is 6.35. The lowest BCUT2D eigenvalue weighted by molar-refractivity contribution is -0.117. The number of para-hydroxylation sites is 1. The maximum Gasteiger partial charge on any atom is 0.288 e. The van der Waals surface area contributed by atoms with E-state index in [9.17, 15) is 9.59 Å². The van der Waals surface area contributed by atoms with Crippen LogP contribution in [0.15, 0.2) is 70.9 Å². The van der Waals surface area contributed by atoms with Crippen LogP contribution in [0.3, 0.4) is 0 Å². The summed E-state index contributed by atoms with van der Waals surface area (Å²) in [6.45, 7) is 0.283. The Morgan fingerprint density at radius 3 is 2.77 bits per heavy atom. The molecule has 0 aliphatic carbocycles. The molecule has 0 fully saturated rings. The van der Waals surface area contributed by atoms with E-state index in [1.54, 1.807) is 12.2 Å². The topological polar surface area (TPSA) is 106 Å². The maximum atomic E-state index is 11.9. The Morgan fingerprint density at radius 1 is 0.933 bits per heavy atom. The standard InChI is InChI=1S/C22H17N5O3/c28-20-7-3-4-10-30-16-8-9-19-17(11-16)22(26-14-25-19)27-18-6-2-1-5-15(18)12-23-21(29)13-24-20/h1-6,8-9,11-14H,7,10H2,(H,25,26,27)/b4-3-,23-12?,24-13?. The Labute approximate surface area is 172 Å². The Kier molecular flexibility index (Phi) is 5.66. The number of hydrogen-bond acceptors (Lipinski definition) is 6. The zero-order valence-corrected chi connectivity index (χ0v) is 15.9. The molecule has 8 heteroatoms. The highest BCUT2D eigenvalue weighted by Gasteiger charge is 2.08. The first-order valence-electron chi connectivity index (χ1n) is 9.22. The number of aromatic nitrogens is 2. The number of ether oxygens (including phenoxy) is 1. The summed E-state index contributed by atoms with van der Waals surface area (Å²) in [7, 11) is 0. The summed E-state index contributed by atoms with van der Waals surface area (Å²) in [5.41, 5.74) is 2.14. The fourth-order valence-corrected chi connectivity index (χ4v) is 2.82. The van der Waals surface area contributed by atoms with Crippen molar-refractivity contribution in [1.82, 2.24) is 9.97 Å². The molecule has 0 saturated heterocycles. The summed E-state index contributed by atoms with van der Waals surface area (Å²) < 4.78 is 5.74. The zero-order valence-electron chi connectivity index (χ0n) is 15.9. The molecule has 0 spiro atoms. The lowest BCUT2D eigenvalue weighted by Crippen LogP contribution is -2.02. The van der Waals surface area contributed by atoms with E-state index in [0.717, 1.165) is 17.1 Å². The van der Waals surface area contributed by atoms with Crippen molar-refractivity contribution in [1.29, 1.82) is 0 Å². The largest absolute Gasteiger partial charge is 0.490 e. The van der Waals surface area contributed by atoms with Gasteiger partial charge in [0.15, 0.2) is 0 Å². The van der Waals surface area contributed by atoms with Gasteiger partial charge in [0.25, 0.3) is 5.91 Å². The second kappa shape index (κ2) is 8.87. The van der Waals surface area contributed by atoms with E-state index in [1.165, 1.54) is 12.5 Å². The molecule has 3 aromatic rings.